The molecule has 1 aliphatic heterocycles. The number of nitrogens with zero attached hydrogens (tertiary/aromatic N) is 6. The van der Waals surface area contributed by atoms with Crippen LogP contribution >= 0.6 is 23.1 Å². The summed E-state index contributed by atoms with van der Waals surface area (Å²) in [6.45, 7) is 5.62. The summed E-state index contributed by atoms with van der Waals surface area (Å²) in [6, 6.07) is 16.6. The number of amides is 2. The summed E-state index contributed by atoms with van der Waals surface area (Å²) >= 11 is 2.99. The standard InChI is InChI=1S/C25H27N9OS2/c1-17-16-26-24(36-17)30-21-29-22(34-14-12-33(2)13-15-34)32-25(31-21)37-20-10-8-19(9-11-20)28-23(35)27-18-6-4-3-5-7-18/h3-11,16H,12-15H2,1-2H3,(H2,27,28,35)(H,26,29,30,31,32). The first kappa shape index (κ1) is 24.9. The molecule has 1 saturated heterocycles. The van der Waals surface area contributed by atoms with Crippen molar-refractivity contribution in [2.45, 2.75) is 17.0 Å². The molecule has 4 aromatic rings. The van der Waals surface area contributed by atoms with Crippen molar-refractivity contribution in [2.75, 3.05) is 54.1 Å². The van der Waals surface area contributed by atoms with Crippen LogP contribution in [-0.4, -0.2) is 64.1 Å². The summed E-state index contributed by atoms with van der Waals surface area (Å²) in [5.74, 6) is 1.12. The van der Waals surface area contributed by atoms with Crippen molar-refractivity contribution in [1.82, 2.24) is 24.8 Å². The Balaban J connectivity index is 1.29. The van der Waals surface area contributed by atoms with E-state index in [0.717, 1.165) is 46.8 Å². The van der Waals surface area contributed by atoms with Crippen LogP contribution in [0.2, 0.25) is 0 Å². The molecule has 0 saturated carbocycles. The van der Waals surface area contributed by atoms with Gasteiger partial charge in [-0.3, -0.25) is 5.32 Å². The molecule has 0 spiro atoms. The van der Waals surface area contributed by atoms with Crippen LogP contribution in [0.3, 0.4) is 0 Å². The molecular weight excluding hydrogens is 506 g/mol. The van der Waals surface area contributed by atoms with Crippen LogP contribution in [-0.2, 0) is 0 Å². The maximum absolute atomic E-state index is 12.3. The zero-order valence-corrected chi connectivity index (χ0v) is 22.1. The van der Waals surface area contributed by atoms with E-state index in [4.69, 9.17) is 4.98 Å². The predicted molar refractivity (Wildman–Crippen MR) is 149 cm³/mol. The minimum Gasteiger partial charge on any atom is -0.338 e. The first-order chi connectivity index (χ1) is 18.0. The van der Waals surface area contributed by atoms with Crippen molar-refractivity contribution in [3.63, 3.8) is 0 Å². The summed E-state index contributed by atoms with van der Waals surface area (Å²) < 4.78 is 0. The molecule has 0 unspecified atom stereocenters. The lowest BCUT2D eigenvalue weighted by Gasteiger charge is -2.32. The van der Waals surface area contributed by atoms with Crippen molar-refractivity contribution >= 4 is 57.5 Å². The Bertz CT molecular complexity index is 1340. The second-order valence-corrected chi connectivity index (χ2v) is 10.8. The molecule has 190 valence electrons. The van der Waals surface area contributed by atoms with Crippen LogP contribution in [0, 0.1) is 6.92 Å². The molecule has 2 aromatic heterocycles. The van der Waals surface area contributed by atoms with Gasteiger partial charge in [0.25, 0.3) is 0 Å². The first-order valence-corrected chi connectivity index (χ1v) is 13.4. The minimum atomic E-state index is -0.297. The van der Waals surface area contributed by atoms with Crippen molar-refractivity contribution in [2.24, 2.45) is 0 Å². The van der Waals surface area contributed by atoms with E-state index in [0.29, 0.717) is 22.7 Å². The van der Waals surface area contributed by atoms with Crippen LogP contribution in [0.4, 0.5) is 33.2 Å². The van der Waals surface area contributed by atoms with Crippen LogP contribution in [0.15, 0.2) is 70.8 Å². The lowest BCUT2D eigenvalue weighted by Crippen LogP contribution is -2.45. The number of benzene rings is 2. The molecule has 12 heteroatoms. The Morgan fingerprint density at radius 2 is 1.62 bits per heavy atom. The van der Waals surface area contributed by atoms with Gasteiger partial charge in [0, 0.05) is 53.5 Å². The van der Waals surface area contributed by atoms with Gasteiger partial charge >= 0.3 is 6.03 Å². The highest BCUT2D eigenvalue weighted by Crippen LogP contribution is 2.29. The number of aryl methyl sites for hydroxylation is 1. The second-order valence-electron chi connectivity index (χ2n) is 8.50. The largest absolute Gasteiger partial charge is 0.338 e. The Hall–Kier alpha value is -3.74. The van der Waals surface area contributed by atoms with Crippen LogP contribution in [0.1, 0.15) is 4.88 Å². The fourth-order valence-corrected chi connectivity index (χ4v) is 5.03. The molecule has 1 aliphatic rings. The molecule has 0 bridgehead atoms. The van der Waals surface area contributed by atoms with Crippen LogP contribution in [0.25, 0.3) is 0 Å². The predicted octanol–water partition coefficient (Wildman–Crippen LogP) is 4.93. The highest BCUT2D eigenvalue weighted by atomic mass is 32.2. The van der Waals surface area contributed by atoms with Gasteiger partial charge in [-0.2, -0.15) is 15.0 Å². The Kier molecular flexibility index (Phi) is 7.78. The topological polar surface area (TPSA) is 111 Å². The van der Waals surface area contributed by atoms with E-state index in [1.54, 1.807) is 11.3 Å². The number of rotatable bonds is 7. The number of aromatic nitrogens is 4. The van der Waals surface area contributed by atoms with Crippen LogP contribution in [0.5, 0.6) is 0 Å². The van der Waals surface area contributed by atoms with Gasteiger partial charge in [-0.25, -0.2) is 9.78 Å². The van der Waals surface area contributed by atoms with Crippen molar-refractivity contribution in [1.29, 1.82) is 0 Å². The van der Waals surface area contributed by atoms with Crippen molar-refractivity contribution < 1.29 is 4.79 Å². The number of carbonyl (C=O) groups is 1. The van der Waals surface area contributed by atoms with Crippen molar-refractivity contribution in [3.8, 4) is 0 Å². The van der Waals surface area contributed by atoms with E-state index in [9.17, 15) is 4.79 Å². The Labute approximate surface area is 223 Å². The Morgan fingerprint density at radius 3 is 2.30 bits per heavy atom. The van der Waals surface area contributed by atoms with Gasteiger partial charge in [0.2, 0.25) is 11.9 Å². The number of urea groups is 1. The molecule has 37 heavy (non-hydrogen) atoms. The Morgan fingerprint density at radius 1 is 0.919 bits per heavy atom. The number of hydrogen-bond acceptors (Lipinski definition) is 10. The molecule has 2 amide bonds. The molecule has 0 radical (unpaired) electrons. The summed E-state index contributed by atoms with van der Waals surface area (Å²) in [6.07, 6.45) is 1.82. The highest BCUT2D eigenvalue weighted by Gasteiger charge is 2.19. The third-order valence-electron chi connectivity index (χ3n) is 5.58. The number of likely N-dealkylation sites (N-methyl/N-ethyl adjacent to an activating group) is 1. The van der Waals surface area contributed by atoms with E-state index in [2.05, 4.69) is 47.7 Å². The molecule has 3 heterocycles. The minimum absolute atomic E-state index is 0.297. The highest BCUT2D eigenvalue weighted by molar-refractivity contribution is 7.99. The molecule has 5 rings (SSSR count). The van der Waals surface area contributed by atoms with E-state index in [-0.39, 0.29) is 6.03 Å². The lowest BCUT2D eigenvalue weighted by molar-refractivity contribution is 0.262. The molecular formula is C25H27N9OS2. The van der Waals surface area contributed by atoms with Gasteiger partial charge in [-0.05, 0) is 62.1 Å². The summed E-state index contributed by atoms with van der Waals surface area (Å²) in [5, 5.41) is 10.2. The quantitative estimate of drug-likeness (QED) is 0.305. The fourth-order valence-electron chi connectivity index (χ4n) is 3.63. The third kappa shape index (κ3) is 6.94. The summed E-state index contributed by atoms with van der Waals surface area (Å²) in [7, 11) is 2.12. The molecule has 0 atom stereocenters. The van der Waals surface area contributed by atoms with Gasteiger partial charge in [-0.15, -0.1) is 11.3 Å². The molecule has 0 aliphatic carbocycles. The van der Waals surface area contributed by atoms with E-state index >= 15 is 0 Å². The van der Waals surface area contributed by atoms with Crippen LogP contribution < -0.4 is 20.9 Å². The third-order valence-corrected chi connectivity index (χ3v) is 7.28. The zero-order valence-electron chi connectivity index (χ0n) is 20.5. The number of thiazole rings is 1. The maximum atomic E-state index is 12.3. The van der Waals surface area contributed by atoms with Gasteiger partial charge < -0.3 is 20.4 Å². The molecule has 3 N–H and O–H groups in total. The van der Waals surface area contributed by atoms with Gasteiger partial charge in [0.15, 0.2) is 10.3 Å². The smallest absolute Gasteiger partial charge is 0.323 e. The number of anilines is 5. The summed E-state index contributed by atoms with van der Waals surface area (Å²) in [5.41, 5.74) is 1.42. The average Bonchev–Trinajstić information content (AvgIpc) is 3.30. The molecule has 10 nitrogen and oxygen atoms in total. The van der Waals surface area contributed by atoms with E-state index in [1.165, 1.54) is 11.8 Å². The molecule has 1 fully saturated rings. The molecule has 2 aromatic carbocycles. The summed E-state index contributed by atoms with van der Waals surface area (Å²) in [4.78, 5) is 37.3. The monoisotopic (exact) mass is 533 g/mol. The lowest BCUT2D eigenvalue weighted by atomic mass is 10.3. The SMILES string of the molecule is Cc1cnc(Nc2nc(Sc3ccc(NC(=O)Nc4ccccc4)cc3)nc(N3CCN(C)CC3)n2)s1. The number of piperazine rings is 1. The maximum Gasteiger partial charge on any atom is 0.323 e. The van der Waals surface area contributed by atoms with Crippen molar-refractivity contribution in [3.05, 3.63) is 65.7 Å². The number of nitrogens with one attached hydrogen (secondary N) is 3. The van der Waals surface area contributed by atoms with E-state index in [1.807, 2.05) is 67.7 Å². The first-order valence-electron chi connectivity index (χ1n) is 11.8. The fraction of sp³-hybridized carbons (Fsp3) is 0.240. The van der Waals surface area contributed by atoms with Gasteiger partial charge in [0.05, 0.1) is 0 Å². The number of carbonyl (C=O) groups excluding carboxylic acids is 1. The second kappa shape index (κ2) is 11.5. The number of para-hydroxylation sites is 1. The van der Waals surface area contributed by atoms with Gasteiger partial charge in [-0.1, -0.05) is 18.2 Å². The number of hydrogen-bond donors (Lipinski definition) is 3. The zero-order chi connectivity index (χ0) is 25.6. The van der Waals surface area contributed by atoms with E-state index < -0.39 is 0 Å². The normalized spacial score (nSPS) is 13.8. The average molecular weight is 534 g/mol. The van der Waals surface area contributed by atoms with Gasteiger partial charge in [0.1, 0.15) is 0 Å².